The molecule has 108 valence electrons. The van der Waals surface area contributed by atoms with Gasteiger partial charge in [-0.1, -0.05) is 37.3 Å². The zero-order valence-electron chi connectivity index (χ0n) is 12.5. The fraction of sp³-hybridized carbons (Fsp3) is 0.263. The second-order valence-corrected chi connectivity index (χ2v) is 5.53. The maximum Gasteiger partial charge on any atom is 0.0193 e. The van der Waals surface area contributed by atoms with Crippen LogP contribution < -0.4 is 0 Å². The molecule has 0 saturated carbocycles. The maximum absolute atomic E-state index is 3.54. The van der Waals surface area contributed by atoms with E-state index in [4.69, 9.17) is 0 Å². The fourth-order valence-electron chi connectivity index (χ4n) is 2.67. The van der Waals surface area contributed by atoms with E-state index in [0.29, 0.717) is 0 Å². The van der Waals surface area contributed by atoms with Crippen molar-refractivity contribution in [2.75, 3.05) is 0 Å². The van der Waals surface area contributed by atoms with Crippen molar-refractivity contribution in [2.45, 2.75) is 32.6 Å². The van der Waals surface area contributed by atoms with Crippen molar-refractivity contribution in [1.29, 1.82) is 0 Å². The number of benzene rings is 1. The first-order valence-corrected chi connectivity index (χ1v) is 7.71. The first-order chi connectivity index (χ1) is 10.3. The average Bonchev–Trinajstić information content (AvgIpc) is 3.15. The molecule has 3 rings (SSSR count). The minimum Gasteiger partial charge on any atom is -0.362 e. The van der Waals surface area contributed by atoms with Crippen LogP contribution in [0.3, 0.4) is 0 Å². The van der Waals surface area contributed by atoms with Crippen LogP contribution in [0.1, 0.15) is 35.3 Å². The summed E-state index contributed by atoms with van der Waals surface area (Å²) in [4.78, 5) is 7.00. The standard InChI is InChI=1S/C19H22N2/c1-2-16-8-9-17(20-16)10-11-18-12-13-19(21-18)14-15-6-4-3-5-7-15/h3-9,12-13,20-21H,2,10-11,14H2,1H3. The number of H-pyrrole nitrogens is 2. The van der Waals surface area contributed by atoms with E-state index in [1.54, 1.807) is 0 Å². The lowest BCUT2D eigenvalue weighted by Crippen LogP contribution is -1.94. The summed E-state index contributed by atoms with van der Waals surface area (Å²) in [6.07, 6.45) is 4.16. The van der Waals surface area contributed by atoms with Crippen molar-refractivity contribution in [2.24, 2.45) is 0 Å². The Morgan fingerprint density at radius 1 is 0.667 bits per heavy atom. The molecule has 2 aromatic heterocycles. The van der Waals surface area contributed by atoms with Crippen molar-refractivity contribution < 1.29 is 0 Å². The van der Waals surface area contributed by atoms with Crippen LogP contribution in [0.2, 0.25) is 0 Å². The minimum absolute atomic E-state index is 0.976. The van der Waals surface area contributed by atoms with Gasteiger partial charge in [-0.05, 0) is 49.1 Å². The summed E-state index contributed by atoms with van der Waals surface area (Å²) in [5.41, 5.74) is 6.60. The van der Waals surface area contributed by atoms with Crippen LogP contribution in [0.4, 0.5) is 0 Å². The van der Waals surface area contributed by atoms with Gasteiger partial charge in [-0.25, -0.2) is 0 Å². The molecular weight excluding hydrogens is 256 g/mol. The number of aryl methyl sites for hydroxylation is 3. The van der Waals surface area contributed by atoms with Gasteiger partial charge >= 0.3 is 0 Å². The first-order valence-electron chi connectivity index (χ1n) is 7.71. The van der Waals surface area contributed by atoms with Crippen LogP contribution in [-0.2, 0) is 25.7 Å². The van der Waals surface area contributed by atoms with Crippen LogP contribution in [0.5, 0.6) is 0 Å². The molecule has 2 N–H and O–H groups in total. The van der Waals surface area contributed by atoms with Crippen molar-refractivity contribution in [3.63, 3.8) is 0 Å². The summed E-state index contributed by atoms with van der Waals surface area (Å²) in [5, 5.41) is 0. The molecule has 2 nitrogen and oxygen atoms in total. The van der Waals surface area contributed by atoms with Gasteiger partial charge in [0.25, 0.3) is 0 Å². The Bertz CT molecular complexity index is 676. The predicted octanol–water partition coefficient (Wildman–Crippen LogP) is 4.28. The maximum atomic E-state index is 3.54. The Hall–Kier alpha value is -2.22. The highest BCUT2D eigenvalue weighted by atomic mass is 14.7. The molecule has 0 spiro atoms. The van der Waals surface area contributed by atoms with Crippen molar-refractivity contribution in [3.8, 4) is 0 Å². The molecule has 0 amide bonds. The van der Waals surface area contributed by atoms with Gasteiger partial charge in [-0.3, -0.25) is 0 Å². The highest BCUT2D eigenvalue weighted by molar-refractivity contribution is 5.24. The monoisotopic (exact) mass is 278 g/mol. The van der Waals surface area contributed by atoms with Crippen molar-refractivity contribution in [3.05, 3.63) is 82.9 Å². The van der Waals surface area contributed by atoms with E-state index in [1.165, 1.54) is 28.3 Å². The third-order valence-corrected chi connectivity index (χ3v) is 3.90. The van der Waals surface area contributed by atoms with Crippen LogP contribution in [-0.4, -0.2) is 9.97 Å². The van der Waals surface area contributed by atoms with E-state index in [9.17, 15) is 0 Å². The number of rotatable bonds is 6. The normalized spacial score (nSPS) is 10.9. The van der Waals surface area contributed by atoms with Crippen LogP contribution >= 0.6 is 0 Å². The van der Waals surface area contributed by atoms with E-state index in [0.717, 1.165) is 25.7 Å². The fourth-order valence-corrected chi connectivity index (χ4v) is 2.67. The van der Waals surface area contributed by atoms with Gasteiger partial charge in [0.2, 0.25) is 0 Å². The zero-order valence-corrected chi connectivity index (χ0v) is 12.5. The van der Waals surface area contributed by atoms with Gasteiger partial charge in [0.15, 0.2) is 0 Å². The topological polar surface area (TPSA) is 31.6 Å². The molecule has 0 aliphatic carbocycles. The summed E-state index contributed by atoms with van der Waals surface area (Å²) < 4.78 is 0. The van der Waals surface area contributed by atoms with E-state index in [1.807, 2.05) is 0 Å². The molecule has 0 atom stereocenters. The molecule has 2 heteroatoms. The summed E-state index contributed by atoms with van der Waals surface area (Å²) >= 11 is 0. The van der Waals surface area contributed by atoms with Crippen LogP contribution in [0.25, 0.3) is 0 Å². The molecular formula is C19H22N2. The second kappa shape index (κ2) is 6.49. The van der Waals surface area contributed by atoms with E-state index >= 15 is 0 Å². The Labute approximate surface area is 126 Å². The Kier molecular flexibility index (Phi) is 4.25. The smallest absolute Gasteiger partial charge is 0.0193 e. The van der Waals surface area contributed by atoms with E-state index in [-0.39, 0.29) is 0 Å². The van der Waals surface area contributed by atoms with Crippen molar-refractivity contribution in [1.82, 2.24) is 9.97 Å². The molecule has 0 aliphatic heterocycles. The van der Waals surface area contributed by atoms with Gasteiger partial charge in [0.1, 0.15) is 0 Å². The molecule has 21 heavy (non-hydrogen) atoms. The molecule has 0 saturated heterocycles. The summed E-state index contributed by atoms with van der Waals surface area (Å²) in [6.45, 7) is 2.18. The molecule has 2 heterocycles. The molecule has 3 aromatic rings. The Balaban J connectivity index is 1.57. The molecule has 0 fully saturated rings. The van der Waals surface area contributed by atoms with E-state index < -0.39 is 0 Å². The Morgan fingerprint density at radius 3 is 1.86 bits per heavy atom. The lowest BCUT2D eigenvalue weighted by molar-refractivity contribution is 0.879. The molecule has 0 bridgehead atoms. The SMILES string of the molecule is CCc1ccc(CCc2ccc(Cc3ccccc3)[nH]2)[nH]1. The molecule has 0 unspecified atom stereocenters. The first kappa shape index (κ1) is 13.7. The summed E-state index contributed by atoms with van der Waals surface area (Å²) in [5.74, 6) is 0. The number of nitrogens with one attached hydrogen (secondary N) is 2. The number of hydrogen-bond acceptors (Lipinski definition) is 0. The molecule has 0 radical (unpaired) electrons. The third kappa shape index (κ3) is 3.66. The van der Waals surface area contributed by atoms with E-state index in [2.05, 4.69) is 71.5 Å². The van der Waals surface area contributed by atoms with Crippen molar-refractivity contribution >= 4 is 0 Å². The number of aromatic nitrogens is 2. The van der Waals surface area contributed by atoms with Crippen LogP contribution in [0, 0.1) is 0 Å². The third-order valence-electron chi connectivity index (χ3n) is 3.90. The second-order valence-electron chi connectivity index (χ2n) is 5.53. The highest BCUT2D eigenvalue weighted by Crippen LogP contribution is 2.12. The van der Waals surface area contributed by atoms with Gasteiger partial charge in [-0.2, -0.15) is 0 Å². The molecule has 0 aliphatic rings. The van der Waals surface area contributed by atoms with Gasteiger partial charge in [-0.15, -0.1) is 0 Å². The summed E-state index contributed by atoms with van der Waals surface area (Å²) in [7, 11) is 0. The lowest BCUT2D eigenvalue weighted by atomic mass is 10.1. The van der Waals surface area contributed by atoms with Gasteiger partial charge in [0, 0.05) is 29.2 Å². The largest absolute Gasteiger partial charge is 0.362 e. The minimum atomic E-state index is 0.976. The average molecular weight is 278 g/mol. The molecule has 1 aromatic carbocycles. The predicted molar refractivity (Wildman–Crippen MR) is 87.6 cm³/mol. The summed E-state index contributed by atoms with van der Waals surface area (Å²) in [6, 6.07) is 19.4. The highest BCUT2D eigenvalue weighted by Gasteiger charge is 2.02. The Morgan fingerprint density at radius 2 is 1.24 bits per heavy atom. The van der Waals surface area contributed by atoms with Crippen LogP contribution in [0.15, 0.2) is 54.6 Å². The lowest BCUT2D eigenvalue weighted by Gasteiger charge is -2.00. The zero-order chi connectivity index (χ0) is 14.5. The number of aromatic amines is 2. The number of hydrogen-bond donors (Lipinski definition) is 2. The van der Waals surface area contributed by atoms with Gasteiger partial charge in [0.05, 0.1) is 0 Å². The van der Waals surface area contributed by atoms with Gasteiger partial charge < -0.3 is 9.97 Å². The quantitative estimate of drug-likeness (QED) is 0.674.